The molecule has 3 heteroatoms. The largest absolute Gasteiger partial charge is 0.493 e. The van der Waals surface area contributed by atoms with Crippen molar-refractivity contribution in [2.24, 2.45) is 0 Å². The number of hydrogen-bond acceptors (Lipinski definition) is 3. The van der Waals surface area contributed by atoms with Crippen LogP contribution in [-0.4, -0.2) is 20.8 Å². The topological polar surface area (TPSA) is 27.7 Å². The lowest BCUT2D eigenvalue weighted by molar-refractivity contribution is 0.278. The van der Waals surface area contributed by atoms with Gasteiger partial charge >= 0.3 is 0 Å². The van der Waals surface area contributed by atoms with E-state index in [-0.39, 0.29) is 0 Å². The van der Waals surface area contributed by atoms with Crippen LogP contribution >= 0.6 is 0 Å². The van der Waals surface area contributed by atoms with Gasteiger partial charge < -0.3 is 14.2 Å². The maximum atomic E-state index is 5.64. The molecule has 0 bridgehead atoms. The third kappa shape index (κ3) is 3.92. The summed E-state index contributed by atoms with van der Waals surface area (Å²) in [6, 6.07) is 5.57. The number of rotatable bonds is 7. The van der Waals surface area contributed by atoms with Crippen LogP contribution in [0.15, 0.2) is 18.2 Å². The smallest absolute Gasteiger partial charge is 0.203 e. The van der Waals surface area contributed by atoms with E-state index in [0.717, 1.165) is 19.3 Å². The summed E-state index contributed by atoms with van der Waals surface area (Å²) >= 11 is 0. The molecule has 1 rings (SSSR count). The van der Waals surface area contributed by atoms with Gasteiger partial charge in [-0.1, -0.05) is 6.07 Å². The van der Waals surface area contributed by atoms with Crippen molar-refractivity contribution >= 4 is 0 Å². The molecule has 17 heavy (non-hydrogen) atoms. The quantitative estimate of drug-likeness (QED) is 0.536. The Morgan fingerprint density at radius 3 is 2.53 bits per heavy atom. The summed E-state index contributed by atoms with van der Waals surface area (Å²) in [6.45, 7) is 0.630. The number of unbranched alkanes of at least 4 members (excludes halogenated alkanes) is 2. The van der Waals surface area contributed by atoms with E-state index >= 15 is 0 Å². The van der Waals surface area contributed by atoms with Gasteiger partial charge in [0.2, 0.25) is 5.75 Å². The molecule has 0 aliphatic carbocycles. The first-order chi connectivity index (χ1) is 8.33. The average molecular weight is 234 g/mol. The van der Waals surface area contributed by atoms with Crippen molar-refractivity contribution in [2.45, 2.75) is 19.3 Å². The zero-order chi connectivity index (χ0) is 12.5. The molecule has 3 nitrogen and oxygen atoms in total. The van der Waals surface area contributed by atoms with Crippen LogP contribution < -0.4 is 14.2 Å². The first kappa shape index (κ1) is 13.2. The van der Waals surface area contributed by atoms with Crippen molar-refractivity contribution in [3.8, 4) is 29.6 Å². The Morgan fingerprint density at radius 2 is 1.88 bits per heavy atom. The van der Waals surface area contributed by atoms with E-state index in [2.05, 4.69) is 5.92 Å². The highest BCUT2D eigenvalue weighted by Crippen LogP contribution is 2.36. The second-order valence-electron chi connectivity index (χ2n) is 3.50. The van der Waals surface area contributed by atoms with E-state index in [1.165, 1.54) is 0 Å². The zero-order valence-electron chi connectivity index (χ0n) is 10.4. The molecule has 0 amide bonds. The van der Waals surface area contributed by atoms with Crippen molar-refractivity contribution in [3.63, 3.8) is 0 Å². The van der Waals surface area contributed by atoms with Crippen molar-refractivity contribution in [3.05, 3.63) is 18.2 Å². The lowest BCUT2D eigenvalue weighted by Gasteiger charge is -2.13. The Labute approximate surface area is 103 Å². The first-order valence-corrected chi connectivity index (χ1v) is 5.60. The maximum Gasteiger partial charge on any atom is 0.203 e. The predicted molar refractivity (Wildman–Crippen MR) is 67.7 cm³/mol. The minimum Gasteiger partial charge on any atom is -0.493 e. The summed E-state index contributed by atoms with van der Waals surface area (Å²) in [5.74, 6) is 4.61. The Morgan fingerprint density at radius 1 is 1.12 bits per heavy atom. The summed E-state index contributed by atoms with van der Waals surface area (Å²) in [5.41, 5.74) is 0. The first-order valence-electron chi connectivity index (χ1n) is 5.60. The highest BCUT2D eigenvalue weighted by Gasteiger charge is 2.09. The van der Waals surface area contributed by atoms with E-state index in [0.29, 0.717) is 23.9 Å². The lowest BCUT2D eigenvalue weighted by Crippen LogP contribution is -2.00. The molecule has 0 aliphatic rings. The predicted octanol–water partition coefficient (Wildman–Crippen LogP) is 2.89. The summed E-state index contributed by atoms with van der Waals surface area (Å²) in [5, 5.41) is 0. The van der Waals surface area contributed by atoms with Crippen molar-refractivity contribution in [1.29, 1.82) is 0 Å². The fourth-order valence-corrected chi connectivity index (χ4v) is 1.48. The van der Waals surface area contributed by atoms with Crippen LogP contribution in [-0.2, 0) is 0 Å². The normalized spacial score (nSPS) is 9.47. The van der Waals surface area contributed by atoms with E-state index in [1.807, 2.05) is 18.2 Å². The third-order valence-electron chi connectivity index (χ3n) is 2.34. The number of para-hydroxylation sites is 1. The van der Waals surface area contributed by atoms with E-state index in [1.54, 1.807) is 14.2 Å². The molecule has 0 aliphatic heterocycles. The molecule has 0 saturated carbocycles. The van der Waals surface area contributed by atoms with Crippen LogP contribution in [0.5, 0.6) is 17.2 Å². The monoisotopic (exact) mass is 234 g/mol. The minimum absolute atomic E-state index is 0.630. The van der Waals surface area contributed by atoms with Crippen LogP contribution in [0.2, 0.25) is 0 Å². The molecule has 0 saturated heterocycles. The average Bonchev–Trinajstić information content (AvgIpc) is 2.38. The molecule has 0 radical (unpaired) electrons. The second-order valence-corrected chi connectivity index (χ2v) is 3.50. The Bertz CT molecular complexity index is 380. The van der Waals surface area contributed by atoms with E-state index < -0.39 is 0 Å². The van der Waals surface area contributed by atoms with Gasteiger partial charge in [-0.15, -0.1) is 12.3 Å². The van der Waals surface area contributed by atoms with E-state index in [9.17, 15) is 0 Å². The number of hydrogen-bond donors (Lipinski definition) is 0. The fraction of sp³-hybridized carbons (Fsp3) is 0.429. The molecule has 0 N–H and O–H groups in total. The van der Waals surface area contributed by atoms with Crippen LogP contribution in [0.1, 0.15) is 19.3 Å². The molecule has 0 unspecified atom stereocenters. The fourth-order valence-electron chi connectivity index (χ4n) is 1.48. The maximum absolute atomic E-state index is 5.64. The number of terminal acetylenes is 1. The molecule has 0 aromatic heterocycles. The second kappa shape index (κ2) is 7.45. The summed E-state index contributed by atoms with van der Waals surface area (Å²) in [7, 11) is 3.21. The van der Waals surface area contributed by atoms with Gasteiger partial charge in [0.15, 0.2) is 11.5 Å². The van der Waals surface area contributed by atoms with Gasteiger partial charge in [-0.3, -0.25) is 0 Å². The van der Waals surface area contributed by atoms with Crippen molar-refractivity contribution in [1.82, 2.24) is 0 Å². The van der Waals surface area contributed by atoms with Gasteiger partial charge in [-0.25, -0.2) is 0 Å². The number of methoxy groups -OCH3 is 2. The van der Waals surface area contributed by atoms with Gasteiger partial charge in [0, 0.05) is 6.42 Å². The van der Waals surface area contributed by atoms with Gasteiger partial charge in [0.05, 0.1) is 20.8 Å². The van der Waals surface area contributed by atoms with Gasteiger partial charge in [0.1, 0.15) is 0 Å². The molecule has 0 atom stereocenters. The molecule has 0 spiro atoms. The minimum atomic E-state index is 0.630. The standard InChI is InChI=1S/C14H18O3/c1-4-5-6-7-11-17-13-10-8-9-12(15-2)14(13)16-3/h1,8-10H,5-7,11H2,2-3H3. The van der Waals surface area contributed by atoms with Gasteiger partial charge in [-0.05, 0) is 25.0 Å². The SMILES string of the molecule is C#CCCCCOc1cccc(OC)c1OC. The third-order valence-corrected chi connectivity index (χ3v) is 2.34. The zero-order valence-corrected chi connectivity index (χ0v) is 10.4. The molecular weight excluding hydrogens is 216 g/mol. The van der Waals surface area contributed by atoms with Gasteiger partial charge in [-0.2, -0.15) is 0 Å². The van der Waals surface area contributed by atoms with E-state index in [4.69, 9.17) is 20.6 Å². The van der Waals surface area contributed by atoms with Crippen molar-refractivity contribution < 1.29 is 14.2 Å². The highest BCUT2D eigenvalue weighted by atomic mass is 16.5. The highest BCUT2D eigenvalue weighted by molar-refractivity contribution is 5.50. The molecule has 0 fully saturated rings. The Balaban J connectivity index is 2.55. The number of ether oxygens (including phenoxy) is 3. The van der Waals surface area contributed by atoms with Crippen LogP contribution in [0.25, 0.3) is 0 Å². The molecular formula is C14H18O3. The summed E-state index contributed by atoms with van der Waals surface area (Å²) in [4.78, 5) is 0. The van der Waals surface area contributed by atoms with Crippen LogP contribution in [0, 0.1) is 12.3 Å². The van der Waals surface area contributed by atoms with Gasteiger partial charge in [0.25, 0.3) is 0 Å². The Hall–Kier alpha value is -1.82. The molecule has 0 heterocycles. The molecule has 1 aromatic rings. The van der Waals surface area contributed by atoms with Crippen LogP contribution in [0.3, 0.4) is 0 Å². The summed E-state index contributed by atoms with van der Waals surface area (Å²) in [6.07, 6.45) is 7.88. The summed E-state index contributed by atoms with van der Waals surface area (Å²) < 4.78 is 16.1. The van der Waals surface area contributed by atoms with Crippen LogP contribution in [0.4, 0.5) is 0 Å². The molecule has 1 aromatic carbocycles. The lowest BCUT2D eigenvalue weighted by atomic mass is 10.2. The Kier molecular flexibility index (Phi) is 5.81. The molecule has 92 valence electrons. The number of benzene rings is 1. The van der Waals surface area contributed by atoms with Crippen molar-refractivity contribution in [2.75, 3.05) is 20.8 Å².